The van der Waals surface area contributed by atoms with Crippen LogP contribution in [0, 0.1) is 6.92 Å². The maximum absolute atomic E-state index is 11.6. The van der Waals surface area contributed by atoms with Crippen LogP contribution in [0.3, 0.4) is 0 Å². The smallest absolute Gasteiger partial charge is 0.300 e. The van der Waals surface area contributed by atoms with Gasteiger partial charge >= 0.3 is 0 Å². The number of nitrogens with zero attached hydrogens (tertiary/aromatic N) is 2. The molecule has 0 aliphatic rings. The summed E-state index contributed by atoms with van der Waals surface area (Å²) in [7, 11) is -1.94. The zero-order chi connectivity index (χ0) is 12.3. The average Bonchev–Trinajstić information content (AvgIpc) is 2.42. The zero-order valence-corrected chi connectivity index (χ0v) is 10.4. The fourth-order valence-electron chi connectivity index (χ4n) is 1.20. The number of rotatable bonds is 5. The lowest BCUT2D eigenvalue weighted by Gasteiger charge is -2.09. The molecule has 0 bridgehead atoms. The molecule has 92 valence electrons. The first kappa shape index (κ1) is 12.8. The van der Waals surface area contributed by atoms with Crippen LogP contribution < -0.4 is 15.2 Å². The number of aromatic nitrogens is 2. The monoisotopic (exact) mass is 247 g/mol. The number of nitrogens with two attached hydrogens (primary N) is 1. The van der Waals surface area contributed by atoms with Crippen molar-refractivity contribution in [1.82, 2.24) is 14.5 Å². The van der Waals surface area contributed by atoms with E-state index in [1.807, 2.05) is 6.92 Å². The molecule has 0 saturated heterocycles. The minimum absolute atomic E-state index is 0.279. The molecule has 1 aromatic heterocycles. The molecule has 1 rings (SSSR count). The van der Waals surface area contributed by atoms with E-state index in [0.29, 0.717) is 17.9 Å². The Morgan fingerprint density at radius 1 is 1.50 bits per heavy atom. The van der Waals surface area contributed by atoms with Crippen molar-refractivity contribution < 1.29 is 8.42 Å². The molecule has 0 atom stereocenters. The van der Waals surface area contributed by atoms with Gasteiger partial charge in [0.1, 0.15) is 0 Å². The van der Waals surface area contributed by atoms with E-state index >= 15 is 0 Å². The van der Waals surface area contributed by atoms with Gasteiger partial charge in [-0.05, 0) is 13.3 Å². The van der Waals surface area contributed by atoms with Crippen LogP contribution in [0.2, 0.25) is 0 Å². The minimum atomic E-state index is -3.57. The topological polar surface area (TPSA) is 102 Å². The van der Waals surface area contributed by atoms with Gasteiger partial charge in [0.15, 0.2) is 5.82 Å². The number of aryl methyl sites for hydroxylation is 2. The van der Waals surface area contributed by atoms with Gasteiger partial charge in [-0.15, -0.1) is 0 Å². The summed E-state index contributed by atoms with van der Waals surface area (Å²) >= 11 is 0. The Hall–Kier alpha value is -1.28. The zero-order valence-electron chi connectivity index (χ0n) is 9.61. The second-order valence-corrected chi connectivity index (χ2v) is 4.97. The minimum Gasteiger partial charge on any atom is -0.394 e. The third-order valence-electron chi connectivity index (χ3n) is 2.04. The van der Waals surface area contributed by atoms with Gasteiger partial charge in [-0.25, -0.2) is 4.68 Å². The summed E-state index contributed by atoms with van der Waals surface area (Å²) in [4.78, 5) is 0. The third-order valence-corrected chi connectivity index (χ3v) is 3.09. The van der Waals surface area contributed by atoms with Gasteiger partial charge in [0.05, 0.1) is 11.4 Å². The molecule has 4 N–H and O–H groups in total. The van der Waals surface area contributed by atoms with Crippen molar-refractivity contribution in [2.45, 2.75) is 20.3 Å². The molecular formula is C8H17N5O2S. The molecule has 0 amide bonds. The van der Waals surface area contributed by atoms with E-state index in [0.717, 1.165) is 6.42 Å². The maximum atomic E-state index is 11.6. The molecule has 1 heterocycles. The quantitative estimate of drug-likeness (QED) is 0.679. The SMILES string of the molecule is CCCNS(=O)(=O)Nc1c(N)c(C)nn1C. The molecule has 0 unspecified atom stereocenters. The summed E-state index contributed by atoms with van der Waals surface area (Å²) < 4.78 is 29.2. The Balaban J connectivity index is 2.88. The largest absolute Gasteiger partial charge is 0.394 e. The summed E-state index contributed by atoms with van der Waals surface area (Å²) in [6.45, 7) is 3.98. The van der Waals surface area contributed by atoms with Crippen molar-refractivity contribution >= 4 is 21.7 Å². The van der Waals surface area contributed by atoms with Crippen molar-refractivity contribution in [2.24, 2.45) is 7.05 Å². The van der Waals surface area contributed by atoms with Crippen LogP contribution in [-0.4, -0.2) is 24.7 Å². The van der Waals surface area contributed by atoms with Crippen molar-refractivity contribution in [3.05, 3.63) is 5.69 Å². The summed E-state index contributed by atoms with van der Waals surface area (Å²) in [5.41, 5.74) is 6.63. The molecular weight excluding hydrogens is 230 g/mol. The number of anilines is 2. The standard InChI is InChI=1S/C8H17N5O2S/c1-4-5-10-16(14,15)12-8-7(9)6(2)11-13(8)3/h10,12H,4-5,9H2,1-3H3. The van der Waals surface area contributed by atoms with Crippen molar-refractivity contribution in [3.63, 3.8) is 0 Å². The lowest BCUT2D eigenvalue weighted by molar-refractivity contribution is 0.585. The van der Waals surface area contributed by atoms with Crippen molar-refractivity contribution in [2.75, 3.05) is 17.0 Å². The van der Waals surface area contributed by atoms with E-state index in [1.54, 1.807) is 14.0 Å². The normalized spacial score (nSPS) is 11.7. The fraction of sp³-hybridized carbons (Fsp3) is 0.625. The van der Waals surface area contributed by atoms with Crippen LogP contribution in [0.1, 0.15) is 19.0 Å². The van der Waals surface area contributed by atoms with E-state index in [1.165, 1.54) is 4.68 Å². The van der Waals surface area contributed by atoms with Gasteiger partial charge in [0, 0.05) is 13.6 Å². The first-order valence-corrected chi connectivity index (χ1v) is 6.42. The second-order valence-electron chi connectivity index (χ2n) is 3.47. The molecule has 0 aromatic carbocycles. The Bertz CT molecular complexity index is 465. The van der Waals surface area contributed by atoms with Crippen LogP contribution in [-0.2, 0) is 17.3 Å². The molecule has 0 spiro atoms. The van der Waals surface area contributed by atoms with Gasteiger partial charge < -0.3 is 5.73 Å². The predicted molar refractivity (Wildman–Crippen MR) is 63.2 cm³/mol. The second kappa shape index (κ2) is 4.71. The van der Waals surface area contributed by atoms with Crippen LogP contribution >= 0.6 is 0 Å². The first-order chi connectivity index (χ1) is 7.37. The van der Waals surface area contributed by atoms with Gasteiger partial charge in [-0.3, -0.25) is 4.72 Å². The van der Waals surface area contributed by atoms with E-state index in [4.69, 9.17) is 5.73 Å². The molecule has 0 radical (unpaired) electrons. The van der Waals surface area contributed by atoms with Gasteiger partial charge in [-0.1, -0.05) is 6.92 Å². The Labute approximate surface area is 95.2 Å². The highest BCUT2D eigenvalue weighted by atomic mass is 32.2. The summed E-state index contributed by atoms with van der Waals surface area (Å²) in [6, 6.07) is 0. The van der Waals surface area contributed by atoms with Crippen molar-refractivity contribution in [3.8, 4) is 0 Å². The highest BCUT2D eigenvalue weighted by molar-refractivity contribution is 7.90. The maximum Gasteiger partial charge on any atom is 0.300 e. The highest BCUT2D eigenvalue weighted by Crippen LogP contribution is 2.21. The van der Waals surface area contributed by atoms with Crippen LogP contribution in [0.25, 0.3) is 0 Å². The van der Waals surface area contributed by atoms with Crippen molar-refractivity contribution in [1.29, 1.82) is 0 Å². The lowest BCUT2D eigenvalue weighted by atomic mass is 10.4. The first-order valence-electron chi connectivity index (χ1n) is 4.94. The highest BCUT2D eigenvalue weighted by Gasteiger charge is 2.16. The number of hydrogen-bond donors (Lipinski definition) is 3. The third kappa shape index (κ3) is 2.86. The number of nitrogens with one attached hydrogen (secondary N) is 2. The fourth-order valence-corrected chi connectivity index (χ4v) is 2.24. The molecule has 0 saturated carbocycles. The number of hydrogen-bond acceptors (Lipinski definition) is 4. The van der Waals surface area contributed by atoms with Gasteiger partial charge in [0.25, 0.3) is 10.2 Å². The summed E-state index contributed by atoms with van der Waals surface area (Å²) in [5.74, 6) is 0.279. The van der Waals surface area contributed by atoms with Crippen LogP contribution in [0.4, 0.5) is 11.5 Å². The van der Waals surface area contributed by atoms with Crippen LogP contribution in [0.15, 0.2) is 0 Å². The van der Waals surface area contributed by atoms with E-state index in [9.17, 15) is 8.42 Å². The summed E-state index contributed by atoms with van der Waals surface area (Å²) in [6.07, 6.45) is 0.723. The molecule has 0 aliphatic carbocycles. The molecule has 16 heavy (non-hydrogen) atoms. The van der Waals surface area contributed by atoms with E-state index in [-0.39, 0.29) is 5.82 Å². The number of nitrogen functional groups attached to an aromatic ring is 1. The Morgan fingerprint density at radius 2 is 2.12 bits per heavy atom. The van der Waals surface area contributed by atoms with Crippen LogP contribution in [0.5, 0.6) is 0 Å². The van der Waals surface area contributed by atoms with E-state index in [2.05, 4.69) is 14.5 Å². The molecule has 1 aromatic rings. The predicted octanol–water partition coefficient (Wildman–Crippen LogP) is -0.0330. The summed E-state index contributed by atoms with van der Waals surface area (Å²) in [5, 5.41) is 4.01. The molecule has 0 aliphatic heterocycles. The molecule has 7 nitrogen and oxygen atoms in total. The van der Waals surface area contributed by atoms with Gasteiger partial charge in [0.2, 0.25) is 0 Å². The average molecular weight is 247 g/mol. The Kier molecular flexibility index (Phi) is 3.76. The van der Waals surface area contributed by atoms with Gasteiger partial charge in [-0.2, -0.15) is 18.2 Å². The molecule has 0 fully saturated rings. The Morgan fingerprint density at radius 3 is 2.56 bits per heavy atom. The molecule has 8 heteroatoms. The lowest BCUT2D eigenvalue weighted by Crippen LogP contribution is -2.31. The van der Waals surface area contributed by atoms with E-state index < -0.39 is 10.2 Å².